The molecule has 0 spiro atoms. The van der Waals surface area contributed by atoms with Gasteiger partial charge in [-0.05, 0) is 78.2 Å². The Balaban J connectivity index is -0.000000109. The summed E-state index contributed by atoms with van der Waals surface area (Å²) in [7, 11) is 0. The molecule has 0 aromatic rings. The van der Waals surface area contributed by atoms with E-state index < -0.39 is 0 Å². The summed E-state index contributed by atoms with van der Waals surface area (Å²) < 4.78 is 0. The molecule has 0 fully saturated rings. The number of hydrogen-bond donors (Lipinski definition) is 1. The summed E-state index contributed by atoms with van der Waals surface area (Å²) in [5, 5.41) is 0. The van der Waals surface area contributed by atoms with Crippen LogP contribution < -0.4 is 5.73 Å². The molecule has 2 N–H and O–H groups in total. The van der Waals surface area contributed by atoms with Crippen molar-refractivity contribution in [2.75, 3.05) is 18.6 Å². The summed E-state index contributed by atoms with van der Waals surface area (Å²) in [5.41, 5.74) is 6.35. The first kappa shape index (κ1) is 45.2. The Morgan fingerprint density at radius 3 is 1.17 bits per heavy atom. The lowest BCUT2D eigenvalue weighted by Gasteiger charge is -2.25. The largest absolute Gasteiger partial charge is 0.330 e. The summed E-state index contributed by atoms with van der Waals surface area (Å²) in [6.45, 7) is 39.2. The third-order valence-electron chi connectivity index (χ3n) is 5.25. The molecule has 1 nitrogen and oxygen atoms in total. The van der Waals surface area contributed by atoms with Crippen LogP contribution in [0.15, 0.2) is 0 Å². The molecule has 2 heteroatoms. The maximum atomic E-state index is 5.31. The summed E-state index contributed by atoms with van der Waals surface area (Å²) in [6, 6.07) is 0. The van der Waals surface area contributed by atoms with Gasteiger partial charge in [-0.25, -0.2) is 0 Å². The predicted octanol–water partition coefficient (Wildman–Crippen LogP) is 12.0. The fourth-order valence-corrected chi connectivity index (χ4v) is 3.59. The van der Waals surface area contributed by atoms with Crippen LogP contribution >= 0.6 is 11.8 Å². The highest BCUT2D eigenvalue weighted by molar-refractivity contribution is 7.98. The Morgan fingerprint density at radius 2 is 1.06 bits per heavy atom. The molecule has 0 amide bonds. The molecule has 220 valence electrons. The van der Waals surface area contributed by atoms with Gasteiger partial charge in [-0.2, -0.15) is 11.8 Å². The van der Waals surface area contributed by atoms with E-state index >= 15 is 0 Å². The van der Waals surface area contributed by atoms with Crippen molar-refractivity contribution in [1.82, 2.24) is 0 Å². The SMILES string of the molecule is CC(C)C.CC(C)CC(C)(C)C.CC(C)CCCCN.CCC(C)C(C)(C)C.CSCCC(C)C. The second-order valence-corrected chi connectivity index (χ2v) is 15.4. The Kier molecular flexibility index (Phi) is 37.3. The highest BCUT2D eigenvalue weighted by atomic mass is 32.2. The van der Waals surface area contributed by atoms with Crippen molar-refractivity contribution in [1.29, 1.82) is 0 Å². The topological polar surface area (TPSA) is 26.0 Å². The molecule has 0 aliphatic carbocycles. The lowest BCUT2D eigenvalue weighted by Crippen LogP contribution is -2.15. The van der Waals surface area contributed by atoms with Crippen molar-refractivity contribution in [3.05, 3.63) is 0 Å². The van der Waals surface area contributed by atoms with Gasteiger partial charge in [0.05, 0.1) is 0 Å². The zero-order chi connectivity index (χ0) is 29.3. The van der Waals surface area contributed by atoms with Crippen molar-refractivity contribution in [3.63, 3.8) is 0 Å². The lowest BCUT2D eigenvalue weighted by atomic mass is 9.81. The summed E-state index contributed by atoms with van der Waals surface area (Å²) in [5.74, 6) is 5.57. The van der Waals surface area contributed by atoms with Gasteiger partial charge in [0.2, 0.25) is 0 Å². The summed E-state index contributed by atoms with van der Waals surface area (Å²) >= 11 is 1.93. The number of thioether (sulfide) groups is 1. The van der Waals surface area contributed by atoms with Crippen LogP contribution in [0.4, 0.5) is 0 Å². The highest BCUT2D eigenvalue weighted by Gasteiger charge is 2.17. The minimum Gasteiger partial charge on any atom is -0.330 e. The van der Waals surface area contributed by atoms with E-state index in [1.54, 1.807) is 0 Å². The minimum atomic E-state index is 0.509. The van der Waals surface area contributed by atoms with Gasteiger partial charge in [0.15, 0.2) is 0 Å². The first-order valence-corrected chi connectivity index (χ1v) is 16.3. The van der Waals surface area contributed by atoms with Crippen LogP contribution in [-0.4, -0.2) is 18.6 Å². The molecule has 0 bridgehead atoms. The van der Waals surface area contributed by atoms with Gasteiger partial charge in [-0.3, -0.25) is 0 Å². The smallest absolute Gasteiger partial charge is 0.00679 e. The average molecular weight is 520 g/mol. The Hall–Kier alpha value is 0.310. The van der Waals surface area contributed by atoms with Crippen LogP contribution in [0, 0.1) is 40.4 Å². The van der Waals surface area contributed by atoms with E-state index in [9.17, 15) is 0 Å². The molecule has 0 radical (unpaired) electrons. The van der Waals surface area contributed by atoms with E-state index in [-0.39, 0.29) is 0 Å². The molecule has 35 heavy (non-hydrogen) atoms. The van der Waals surface area contributed by atoms with E-state index in [0.29, 0.717) is 10.8 Å². The maximum absolute atomic E-state index is 5.31. The lowest BCUT2D eigenvalue weighted by molar-refractivity contribution is 0.254. The van der Waals surface area contributed by atoms with Gasteiger partial charge in [0.1, 0.15) is 0 Å². The molecule has 0 aromatic carbocycles. The highest BCUT2D eigenvalue weighted by Crippen LogP contribution is 2.27. The van der Waals surface area contributed by atoms with Crippen LogP contribution in [0.5, 0.6) is 0 Å². The third-order valence-corrected chi connectivity index (χ3v) is 5.89. The van der Waals surface area contributed by atoms with Gasteiger partial charge >= 0.3 is 0 Å². The first-order valence-electron chi connectivity index (χ1n) is 14.9. The van der Waals surface area contributed by atoms with Crippen molar-refractivity contribution >= 4 is 11.8 Å². The summed E-state index contributed by atoms with van der Waals surface area (Å²) in [4.78, 5) is 0. The standard InChI is InChI=1S/2C8H18.C7H17N.C6H14S.C4H10/c1-7(2)6-8(3,4)5;1-6-7(2)8(3,4)5;1-7(2)5-3-4-6-8;1-6(2)4-5-7-3;1-4(2)3/h2*7H,6H2,1-5H3;7H,3-6,8H2,1-2H3;6H,4-5H2,1-3H3;4H,1-3H3. The second kappa shape index (κ2) is 28.9. The molecule has 0 aromatic heterocycles. The third kappa shape index (κ3) is 72.0. The minimum absolute atomic E-state index is 0.509. The van der Waals surface area contributed by atoms with E-state index in [2.05, 4.69) is 124 Å². The normalized spacial score (nSPS) is 12.1. The fraction of sp³-hybridized carbons (Fsp3) is 1.00. The molecule has 0 saturated heterocycles. The van der Waals surface area contributed by atoms with Gasteiger partial charge in [-0.15, -0.1) is 0 Å². The zero-order valence-corrected chi connectivity index (χ0v) is 29.3. The van der Waals surface area contributed by atoms with Crippen LogP contribution in [0.1, 0.15) is 156 Å². The molecular formula is C33H77NS. The van der Waals surface area contributed by atoms with Crippen molar-refractivity contribution in [3.8, 4) is 0 Å². The summed E-state index contributed by atoms with van der Waals surface area (Å²) in [6.07, 6.45) is 9.96. The Morgan fingerprint density at radius 1 is 0.657 bits per heavy atom. The molecule has 1 unspecified atom stereocenters. The Labute approximate surface area is 232 Å². The number of rotatable bonds is 9. The van der Waals surface area contributed by atoms with Gasteiger partial charge < -0.3 is 5.73 Å². The molecule has 0 aliphatic heterocycles. The van der Waals surface area contributed by atoms with Crippen LogP contribution in [0.3, 0.4) is 0 Å². The van der Waals surface area contributed by atoms with Crippen LogP contribution in [-0.2, 0) is 0 Å². The van der Waals surface area contributed by atoms with E-state index in [4.69, 9.17) is 5.73 Å². The van der Waals surface area contributed by atoms with E-state index in [1.165, 1.54) is 44.3 Å². The first-order chi connectivity index (χ1) is 15.7. The fourth-order valence-electron chi connectivity index (χ4n) is 2.89. The molecule has 1 atom stereocenters. The number of hydrogen-bond acceptors (Lipinski definition) is 2. The average Bonchev–Trinajstić information content (AvgIpc) is 2.64. The number of nitrogens with two attached hydrogens (primary N) is 1. The van der Waals surface area contributed by atoms with Crippen LogP contribution in [0.25, 0.3) is 0 Å². The zero-order valence-electron chi connectivity index (χ0n) is 28.5. The van der Waals surface area contributed by atoms with Crippen LogP contribution in [0.2, 0.25) is 0 Å². The second-order valence-electron chi connectivity index (χ2n) is 14.4. The molecule has 0 aliphatic rings. The molecule has 0 saturated carbocycles. The Bertz CT molecular complexity index is 356. The van der Waals surface area contributed by atoms with Gasteiger partial charge in [0.25, 0.3) is 0 Å². The molecule has 0 rings (SSSR count). The van der Waals surface area contributed by atoms with E-state index in [0.717, 1.165) is 36.1 Å². The monoisotopic (exact) mass is 520 g/mol. The quantitative estimate of drug-likeness (QED) is 0.306. The van der Waals surface area contributed by atoms with Crippen molar-refractivity contribution in [2.24, 2.45) is 46.2 Å². The maximum Gasteiger partial charge on any atom is -0.00679 e. The molecule has 0 heterocycles. The predicted molar refractivity (Wildman–Crippen MR) is 174 cm³/mol. The van der Waals surface area contributed by atoms with Gasteiger partial charge in [-0.1, -0.05) is 137 Å². The van der Waals surface area contributed by atoms with Crippen molar-refractivity contribution < 1.29 is 0 Å². The molecular weight excluding hydrogens is 442 g/mol. The van der Waals surface area contributed by atoms with Gasteiger partial charge in [0, 0.05) is 0 Å². The van der Waals surface area contributed by atoms with Crippen molar-refractivity contribution in [2.45, 2.75) is 156 Å². The number of unbranched alkanes of at least 4 members (excludes halogenated alkanes) is 1. The van der Waals surface area contributed by atoms with E-state index in [1.807, 2.05) is 11.8 Å².